The Bertz CT molecular complexity index is 1020. The van der Waals surface area contributed by atoms with Gasteiger partial charge in [-0.05, 0) is 59.3 Å². The Hall–Kier alpha value is -2.57. The first-order chi connectivity index (χ1) is 18.4. The van der Waals surface area contributed by atoms with E-state index < -0.39 is 35.6 Å². The van der Waals surface area contributed by atoms with Crippen molar-refractivity contribution >= 4 is 34.5 Å². The quantitative estimate of drug-likeness (QED) is 0.196. The number of aliphatic hydroxyl groups is 1. The van der Waals surface area contributed by atoms with Crippen molar-refractivity contribution in [3.63, 3.8) is 0 Å². The van der Waals surface area contributed by atoms with Crippen molar-refractivity contribution in [1.82, 2.24) is 10.6 Å². The van der Waals surface area contributed by atoms with Gasteiger partial charge in [-0.2, -0.15) is 0 Å². The predicted molar refractivity (Wildman–Crippen MR) is 152 cm³/mol. The molecule has 3 rings (SSSR count). The maximum Gasteiger partial charge on any atom is 0.407 e. The molecule has 12 heteroatoms. The summed E-state index contributed by atoms with van der Waals surface area (Å²) in [5, 5.41) is 16.5. The van der Waals surface area contributed by atoms with Gasteiger partial charge in [0.15, 0.2) is 5.66 Å². The molecule has 1 unspecified atom stereocenters. The molecule has 5 N–H and O–H groups in total. The van der Waals surface area contributed by atoms with E-state index in [-0.39, 0.29) is 5.75 Å². The minimum atomic E-state index is -1.45. The number of hydrogen-bond donors (Lipinski definition) is 4. The smallest absolute Gasteiger partial charge is 0.407 e. The molecule has 0 aromatic heterocycles. The van der Waals surface area contributed by atoms with E-state index in [1.807, 2.05) is 34.6 Å². The number of nitrogens with zero attached hydrogens (tertiary/aromatic N) is 2. The number of thioether (sulfide) groups is 1. The standard InChI is InChI=1S/C27H43N5O6S/c1-6-8-20(21-13-19(14-22(33)37-21)36-15-18-9-10-18)31-24(34)27(28)16-39-23(32-27)17(2)29-11-7-12-30-25(35)38-26(3,4)5/h13-14,18,20,22,33H,6-12,15-16,28H2,1-5H3,(H,30,35)(H,31,34)/b29-17+/t20-,22?,27+/m1/s1. The van der Waals surface area contributed by atoms with E-state index in [1.165, 1.54) is 17.8 Å². The molecule has 1 aliphatic carbocycles. The third kappa shape index (κ3) is 10.2. The average Bonchev–Trinajstić information content (AvgIpc) is 3.59. The fourth-order valence-electron chi connectivity index (χ4n) is 3.79. The average molecular weight is 566 g/mol. The van der Waals surface area contributed by atoms with Gasteiger partial charge in [0.1, 0.15) is 22.2 Å². The number of amides is 2. The summed E-state index contributed by atoms with van der Waals surface area (Å²) >= 11 is 1.38. The van der Waals surface area contributed by atoms with Crippen molar-refractivity contribution in [2.24, 2.45) is 21.6 Å². The largest absolute Gasteiger partial charge is 0.493 e. The molecule has 2 aliphatic heterocycles. The lowest BCUT2D eigenvalue weighted by molar-refractivity contribution is -0.126. The van der Waals surface area contributed by atoms with Gasteiger partial charge < -0.3 is 30.0 Å². The molecule has 0 aromatic rings. The van der Waals surface area contributed by atoms with Crippen LogP contribution in [0.1, 0.15) is 66.7 Å². The van der Waals surface area contributed by atoms with E-state index in [9.17, 15) is 14.7 Å². The molecule has 218 valence electrons. The van der Waals surface area contributed by atoms with Gasteiger partial charge >= 0.3 is 6.09 Å². The van der Waals surface area contributed by atoms with Crippen LogP contribution in [-0.2, 0) is 19.0 Å². The number of aliphatic imine (C=N–C) groups is 2. The van der Waals surface area contributed by atoms with E-state index in [1.54, 1.807) is 6.08 Å². The van der Waals surface area contributed by atoms with Crippen molar-refractivity contribution in [2.45, 2.75) is 90.3 Å². The van der Waals surface area contributed by atoms with Crippen molar-refractivity contribution in [3.05, 3.63) is 23.7 Å². The normalized spacial score (nSPS) is 24.1. The van der Waals surface area contributed by atoms with Crippen LogP contribution in [0.5, 0.6) is 0 Å². The highest BCUT2D eigenvalue weighted by Crippen LogP contribution is 2.31. The van der Waals surface area contributed by atoms with Crippen LogP contribution in [0.15, 0.2) is 33.7 Å². The predicted octanol–water partition coefficient (Wildman–Crippen LogP) is 2.99. The van der Waals surface area contributed by atoms with Gasteiger partial charge in [0.25, 0.3) is 5.91 Å². The summed E-state index contributed by atoms with van der Waals surface area (Å²) in [7, 11) is 0. The highest BCUT2D eigenvalue weighted by Gasteiger charge is 2.41. The SMILES string of the molecule is CCC[C@@H](NC(=O)[C@]1(N)CSC(/C(C)=N/CCCNC(=O)OC(C)(C)C)=N1)C1=CC(OCC2CC2)=CC(O)O1. The van der Waals surface area contributed by atoms with Crippen LogP contribution in [0, 0.1) is 5.92 Å². The number of ether oxygens (including phenoxy) is 3. The molecule has 0 spiro atoms. The van der Waals surface area contributed by atoms with Gasteiger partial charge in [0.2, 0.25) is 6.29 Å². The zero-order valence-corrected chi connectivity index (χ0v) is 24.4. The Morgan fingerprint density at radius 1 is 1.38 bits per heavy atom. The molecule has 1 saturated carbocycles. The number of rotatable bonds is 13. The maximum absolute atomic E-state index is 13.3. The zero-order valence-electron chi connectivity index (χ0n) is 23.6. The molecule has 2 amide bonds. The lowest BCUT2D eigenvalue weighted by Gasteiger charge is -2.29. The number of carbonyl (C=O) groups is 2. The van der Waals surface area contributed by atoms with E-state index >= 15 is 0 Å². The summed E-state index contributed by atoms with van der Waals surface area (Å²) < 4.78 is 16.7. The van der Waals surface area contributed by atoms with Gasteiger partial charge in [0.05, 0.1) is 18.4 Å². The minimum Gasteiger partial charge on any atom is -0.493 e. The van der Waals surface area contributed by atoms with E-state index in [0.29, 0.717) is 60.7 Å². The first-order valence-electron chi connectivity index (χ1n) is 13.6. The first kappa shape index (κ1) is 31.0. The van der Waals surface area contributed by atoms with Crippen LogP contribution in [0.25, 0.3) is 0 Å². The van der Waals surface area contributed by atoms with Gasteiger partial charge in [-0.15, -0.1) is 11.8 Å². The summed E-state index contributed by atoms with van der Waals surface area (Å²) in [5.41, 5.74) is 5.12. The first-order valence-corrected chi connectivity index (χ1v) is 14.6. The van der Waals surface area contributed by atoms with Crippen LogP contribution in [0.4, 0.5) is 4.79 Å². The topological polar surface area (TPSA) is 157 Å². The summed E-state index contributed by atoms with van der Waals surface area (Å²) in [6.07, 6.45) is 5.96. The van der Waals surface area contributed by atoms with Gasteiger partial charge in [0, 0.05) is 31.0 Å². The van der Waals surface area contributed by atoms with Gasteiger partial charge in [-0.25, -0.2) is 9.79 Å². The molecule has 0 saturated heterocycles. The molecule has 11 nitrogen and oxygen atoms in total. The summed E-state index contributed by atoms with van der Waals surface area (Å²) in [6.45, 7) is 10.8. The number of allylic oxidation sites excluding steroid dienone is 1. The Morgan fingerprint density at radius 3 is 2.79 bits per heavy atom. The molecule has 3 aliphatic rings. The van der Waals surface area contributed by atoms with Crippen molar-refractivity contribution in [2.75, 3.05) is 25.4 Å². The second-order valence-electron chi connectivity index (χ2n) is 11.1. The molecule has 3 atom stereocenters. The fraction of sp³-hybridized carbons (Fsp3) is 0.704. The number of alkyl carbamates (subject to hydrolysis) is 1. The third-order valence-electron chi connectivity index (χ3n) is 6.04. The van der Waals surface area contributed by atoms with E-state index in [2.05, 4.69) is 20.6 Å². The second kappa shape index (κ2) is 13.7. The third-order valence-corrected chi connectivity index (χ3v) is 7.29. The minimum absolute atomic E-state index is 0.276. The Kier molecular flexibility index (Phi) is 10.9. The summed E-state index contributed by atoms with van der Waals surface area (Å²) in [6, 6.07) is -0.484. The maximum atomic E-state index is 13.3. The highest BCUT2D eigenvalue weighted by molar-refractivity contribution is 8.16. The fourth-order valence-corrected chi connectivity index (χ4v) is 4.84. The number of hydrogen-bond acceptors (Lipinski definition) is 10. The summed E-state index contributed by atoms with van der Waals surface area (Å²) in [4.78, 5) is 34.0. The van der Waals surface area contributed by atoms with Gasteiger partial charge in [-0.3, -0.25) is 15.5 Å². The number of aliphatic hydroxyl groups excluding tert-OH is 1. The van der Waals surface area contributed by atoms with E-state index in [4.69, 9.17) is 19.9 Å². The molecule has 0 bridgehead atoms. The summed E-state index contributed by atoms with van der Waals surface area (Å²) in [5.74, 6) is 1.39. The number of nitrogens with two attached hydrogens (primary N) is 1. The highest BCUT2D eigenvalue weighted by atomic mass is 32.2. The van der Waals surface area contributed by atoms with E-state index in [0.717, 1.165) is 19.3 Å². The van der Waals surface area contributed by atoms with Crippen molar-refractivity contribution < 1.29 is 28.9 Å². The van der Waals surface area contributed by atoms with Crippen LogP contribution in [0.3, 0.4) is 0 Å². The molecule has 2 heterocycles. The molecular weight excluding hydrogens is 522 g/mol. The molecular formula is C27H43N5O6S. The van der Waals surface area contributed by atoms with Crippen LogP contribution >= 0.6 is 11.8 Å². The van der Waals surface area contributed by atoms with Gasteiger partial charge in [-0.1, -0.05) is 13.3 Å². The lowest BCUT2D eigenvalue weighted by Crippen LogP contribution is -2.56. The molecule has 0 aromatic carbocycles. The monoisotopic (exact) mass is 565 g/mol. The van der Waals surface area contributed by atoms with Crippen molar-refractivity contribution in [3.8, 4) is 0 Å². The zero-order chi connectivity index (χ0) is 28.6. The van der Waals surface area contributed by atoms with Crippen LogP contribution in [0.2, 0.25) is 0 Å². The Labute approximate surface area is 235 Å². The molecule has 0 radical (unpaired) electrons. The molecule has 1 fully saturated rings. The Morgan fingerprint density at radius 2 is 2.13 bits per heavy atom. The lowest BCUT2D eigenvalue weighted by atomic mass is 10.1. The van der Waals surface area contributed by atoms with Crippen molar-refractivity contribution in [1.29, 1.82) is 0 Å². The number of carbonyl (C=O) groups excluding carboxylic acids is 2. The number of nitrogens with one attached hydrogen (secondary N) is 2. The molecule has 39 heavy (non-hydrogen) atoms. The second-order valence-corrected chi connectivity index (χ2v) is 12.0. The van der Waals surface area contributed by atoms with Crippen LogP contribution < -0.4 is 16.4 Å². The van der Waals surface area contributed by atoms with Crippen LogP contribution in [-0.4, -0.2) is 76.9 Å². The Balaban J connectivity index is 1.55.